The molecule has 0 aliphatic carbocycles. The Balaban J connectivity index is 1.70. The van der Waals surface area contributed by atoms with Gasteiger partial charge in [0.1, 0.15) is 5.69 Å². The molecule has 0 unspecified atom stereocenters. The quantitative estimate of drug-likeness (QED) is 0.470. The monoisotopic (exact) mass is 346 g/mol. The molecule has 0 radical (unpaired) electrons. The predicted molar refractivity (Wildman–Crippen MR) is 98.1 cm³/mol. The number of amides is 1. The number of nitro benzene ring substituents is 1. The number of benzene rings is 1. The van der Waals surface area contributed by atoms with E-state index in [0.717, 1.165) is 62.1 Å². The third-order valence-corrected chi connectivity index (χ3v) is 5.16. The summed E-state index contributed by atoms with van der Waals surface area (Å²) in [5, 5.41) is 17.8. The molecule has 2 aliphatic rings. The summed E-state index contributed by atoms with van der Waals surface area (Å²) in [7, 11) is 0. The van der Waals surface area contributed by atoms with Crippen molar-refractivity contribution in [3.8, 4) is 0 Å². The Hall–Kier alpha value is -2.31. The summed E-state index contributed by atoms with van der Waals surface area (Å²) in [4.78, 5) is 25.5. The fourth-order valence-electron chi connectivity index (χ4n) is 3.76. The molecule has 2 aliphatic heterocycles. The number of rotatable bonds is 6. The highest BCUT2D eigenvalue weighted by atomic mass is 16.6. The van der Waals surface area contributed by atoms with Gasteiger partial charge in [0.25, 0.3) is 5.69 Å². The first-order chi connectivity index (χ1) is 12.1. The first-order valence-electron chi connectivity index (χ1n) is 9.18. The zero-order chi connectivity index (χ0) is 17.8. The van der Waals surface area contributed by atoms with Crippen LogP contribution in [0, 0.1) is 16.0 Å². The van der Waals surface area contributed by atoms with E-state index in [1.165, 1.54) is 0 Å². The van der Waals surface area contributed by atoms with Gasteiger partial charge in [0.2, 0.25) is 5.91 Å². The largest absolute Gasteiger partial charge is 0.384 e. The van der Waals surface area contributed by atoms with E-state index in [1.807, 2.05) is 0 Å². The second-order valence-corrected chi connectivity index (χ2v) is 6.80. The number of unbranched alkanes of at least 4 members (excludes halogenated alkanes) is 1. The number of nitrogens with one attached hydrogen (secondary N) is 2. The van der Waals surface area contributed by atoms with Crippen LogP contribution in [0.25, 0.3) is 0 Å². The fourth-order valence-corrected chi connectivity index (χ4v) is 3.76. The zero-order valence-corrected chi connectivity index (χ0v) is 14.7. The molecule has 2 heterocycles. The highest BCUT2D eigenvalue weighted by Gasteiger charge is 2.31. The molecule has 7 heteroatoms. The highest BCUT2D eigenvalue weighted by Crippen LogP contribution is 2.40. The Kier molecular flexibility index (Phi) is 5.40. The second-order valence-electron chi connectivity index (χ2n) is 6.80. The predicted octanol–water partition coefficient (Wildman–Crippen LogP) is 2.70. The van der Waals surface area contributed by atoms with Crippen molar-refractivity contribution < 1.29 is 9.72 Å². The minimum atomic E-state index is -0.294. The van der Waals surface area contributed by atoms with Gasteiger partial charge in [-0.1, -0.05) is 13.3 Å². The molecule has 1 fully saturated rings. The van der Waals surface area contributed by atoms with E-state index >= 15 is 0 Å². The number of carbonyl (C=O) groups is 1. The van der Waals surface area contributed by atoms with Crippen LogP contribution in [0.1, 0.15) is 38.2 Å². The summed E-state index contributed by atoms with van der Waals surface area (Å²) in [6.45, 7) is 5.02. The molecule has 2 N–H and O–H groups in total. The lowest BCUT2D eigenvalue weighted by Crippen LogP contribution is -2.41. The van der Waals surface area contributed by atoms with E-state index < -0.39 is 0 Å². The smallest absolute Gasteiger partial charge is 0.292 e. The third kappa shape index (κ3) is 3.70. The molecule has 7 nitrogen and oxygen atoms in total. The number of carbonyl (C=O) groups excluding carboxylic acids is 1. The normalized spacial score (nSPS) is 17.1. The Morgan fingerprint density at radius 2 is 2.16 bits per heavy atom. The molecule has 0 spiro atoms. The van der Waals surface area contributed by atoms with Crippen molar-refractivity contribution in [1.29, 1.82) is 0 Å². The topological polar surface area (TPSA) is 87.5 Å². The molecule has 0 bridgehead atoms. The first-order valence-corrected chi connectivity index (χ1v) is 9.18. The molecule has 1 saturated heterocycles. The van der Waals surface area contributed by atoms with Gasteiger partial charge in [-0.15, -0.1) is 0 Å². The molecule has 25 heavy (non-hydrogen) atoms. The van der Waals surface area contributed by atoms with Crippen LogP contribution in [-0.4, -0.2) is 37.0 Å². The van der Waals surface area contributed by atoms with Crippen molar-refractivity contribution in [3.05, 3.63) is 27.8 Å². The summed E-state index contributed by atoms with van der Waals surface area (Å²) in [6, 6.07) is 3.40. The van der Waals surface area contributed by atoms with Crippen molar-refractivity contribution >= 4 is 23.0 Å². The maximum atomic E-state index is 12.2. The van der Waals surface area contributed by atoms with Crippen molar-refractivity contribution in [2.24, 2.45) is 5.92 Å². The number of hydrogen-bond donors (Lipinski definition) is 2. The van der Waals surface area contributed by atoms with Crippen LogP contribution in [0.2, 0.25) is 0 Å². The van der Waals surface area contributed by atoms with Gasteiger partial charge in [0.05, 0.1) is 4.92 Å². The first kappa shape index (κ1) is 17.5. The van der Waals surface area contributed by atoms with Gasteiger partial charge in [0, 0.05) is 49.4 Å². The van der Waals surface area contributed by atoms with Crippen molar-refractivity contribution in [3.63, 3.8) is 0 Å². The third-order valence-electron chi connectivity index (χ3n) is 5.16. The molecule has 0 atom stereocenters. The van der Waals surface area contributed by atoms with Crippen LogP contribution >= 0.6 is 0 Å². The van der Waals surface area contributed by atoms with Gasteiger partial charge in [-0.25, -0.2) is 0 Å². The van der Waals surface area contributed by atoms with E-state index in [9.17, 15) is 14.9 Å². The average Bonchev–Trinajstić information content (AvgIpc) is 3.09. The van der Waals surface area contributed by atoms with Crippen molar-refractivity contribution in [2.75, 3.05) is 36.4 Å². The molecule has 136 valence electrons. The highest BCUT2D eigenvalue weighted by molar-refractivity contribution is 5.80. The Bertz CT molecular complexity index is 654. The lowest BCUT2D eigenvalue weighted by molar-refractivity contribution is -0.384. The Morgan fingerprint density at radius 1 is 1.40 bits per heavy atom. The molecule has 0 aromatic heterocycles. The van der Waals surface area contributed by atoms with Gasteiger partial charge >= 0.3 is 0 Å². The van der Waals surface area contributed by atoms with Gasteiger partial charge in [0.15, 0.2) is 0 Å². The molecule has 3 rings (SSSR count). The summed E-state index contributed by atoms with van der Waals surface area (Å²) < 4.78 is 0. The molecular formula is C18H26N4O3. The minimum absolute atomic E-state index is 0.0158. The van der Waals surface area contributed by atoms with E-state index in [-0.39, 0.29) is 22.4 Å². The van der Waals surface area contributed by atoms with E-state index in [0.29, 0.717) is 13.1 Å². The van der Waals surface area contributed by atoms with E-state index in [2.05, 4.69) is 22.5 Å². The van der Waals surface area contributed by atoms with Crippen LogP contribution in [-0.2, 0) is 11.2 Å². The zero-order valence-electron chi connectivity index (χ0n) is 14.7. The molecule has 1 aromatic rings. The Morgan fingerprint density at radius 3 is 2.84 bits per heavy atom. The van der Waals surface area contributed by atoms with E-state index in [1.54, 1.807) is 12.1 Å². The number of hydrogen-bond acceptors (Lipinski definition) is 5. The summed E-state index contributed by atoms with van der Waals surface area (Å²) in [5.74, 6) is 0.143. The Labute approximate surface area is 147 Å². The lowest BCUT2D eigenvalue weighted by Gasteiger charge is -2.33. The van der Waals surface area contributed by atoms with Gasteiger partial charge in [-0.05, 0) is 31.7 Å². The fraction of sp³-hybridized carbons (Fsp3) is 0.611. The number of fused-ring (bicyclic) bond motifs is 1. The number of nitro groups is 1. The summed E-state index contributed by atoms with van der Waals surface area (Å²) in [6.07, 6.45) is 4.36. The number of nitrogens with zero attached hydrogens (tertiary/aromatic N) is 2. The van der Waals surface area contributed by atoms with Crippen LogP contribution in [0.15, 0.2) is 12.1 Å². The van der Waals surface area contributed by atoms with Crippen LogP contribution in [0.3, 0.4) is 0 Å². The average molecular weight is 346 g/mol. The minimum Gasteiger partial charge on any atom is -0.384 e. The molecule has 1 amide bonds. The van der Waals surface area contributed by atoms with Crippen molar-refractivity contribution in [1.82, 2.24) is 5.32 Å². The van der Waals surface area contributed by atoms with E-state index in [4.69, 9.17) is 0 Å². The van der Waals surface area contributed by atoms with Crippen LogP contribution in [0.5, 0.6) is 0 Å². The van der Waals surface area contributed by atoms with Gasteiger partial charge < -0.3 is 15.5 Å². The molecule has 0 saturated carbocycles. The second kappa shape index (κ2) is 7.72. The maximum Gasteiger partial charge on any atom is 0.292 e. The molecular weight excluding hydrogens is 320 g/mol. The maximum absolute atomic E-state index is 12.2. The standard InChI is InChI=1S/C18H26N4O3/c1-2-3-9-20-18(23)13-7-11-21(12-8-13)17-14-6-10-19-15(14)4-5-16(17)22(24)25/h4-5,13,19H,2-3,6-12H2,1H3,(H,20,23). The summed E-state index contributed by atoms with van der Waals surface area (Å²) >= 11 is 0. The molecule has 1 aromatic carbocycles. The lowest BCUT2D eigenvalue weighted by atomic mass is 9.94. The van der Waals surface area contributed by atoms with Crippen LogP contribution in [0.4, 0.5) is 17.1 Å². The van der Waals surface area contributed by atoms with Gasteiger partial charge in [-0.2, -0.15) is 0 Å². The number of piperidine rings is 1. The number of anilines is 2. The van der Waals surface area contributed by atoms with Crippen molar-refractivity contribution in [2.45, 2.75) is 39.0 Å². The summed E-state index contributed by atoms with van der Waals surface area (Å²) in [5.41, 5.74) is 2.96. The van der Waals surface area contributed by atoms with Crippen LogP contribution < -0.4 is 15.5 Å². The SMILES string of the molecule is CCCCNC(=O)C1CCN(c2c([N+](=O)[O-])ccc3c2CCN3)CC1. The van der Waals surface area contributed by atoms with Gasteiger partial charge in [-0.3, -0.25) is 14.9 Å².